The minimum Gasteiger partial charge on any atom is -0.492 e. The summed E-state index contributed by atoms with van der Waals surface area (Å²) >= 11 is 2.35. The van der Waals surface area contributed by atoms with Crippen molar-refractivity contribution in [3.8, 4) is 5.75 Å². The summed E-state index contributed by atoms with van der Waals surface area (Å²) in [4.78, 5) is 13.7. The maximum atomic E-state index is 11.8. The highest BCUT2D eigenvalue weighted by Gasteiger charge is 2.19. The molecule has 1 aliphatic rings. The van der Waals surface area contributed by atoms with E-state index in [9.17, 15) is 4.79 Å². The van der Waals surface area contributed by atoms with Crippen LogP contribution in [0.2, 0.25) is 0 Å². The van der Waals surface area contributed by atoms with E-state index in [4.69, 9.17) is 4.74 Å². The molecule has 1 heterocycles. The molecule has 0 spiro atoms. The lowest BCUT2D eigenvalue weighted by atomic mass is 9.88. The van der Waals surface area contributed by atoms with Crippen LogP contribution >= 0.6 is 22.6 Å². The van der Waals surface area contributed by atoms with Gasteiger partial charge in [0.1, 0.15) is 12.4 Å². The van der Waals surface area contributed by atoms with Crippen molar-refractivity contribution in [2.45, 2.75) is 26.2 Å². The minimum absolute atomic E-state index is 0.240. The van der Waals surface area contributed by atoms with Crippen LogP contribution in [0.4, 0.5) is 0 Å². The number of ether oxygens (including phenoxy) is 1. The Labute approximate surface area is 204 Å². The zero-order chi connectivity index (χ0) is 22.3. The van der Waals surface area contributed by atoms with Gasteiger partial charge in [0, 0.05) is 16.5 Å². The molecule has 3 aromatic carbocycles. The first-order valence-corrected chi connectivity index (χ1v) is 12.3. The van der Waals surface area contributed by atoms with Gasteiger partial charge in [0.15, 0.2) is 0 Å². The number of benzene rings is 3. The Kier molecular flexibility index (Phi) is 7.63. The van der Waals surface area contributed by atoms with E-state index in [0.29, 0.717) is 19.6 Å². The fourth-order valence-corrected chi connectivity index (χ4v) is 4.59. The molecule has 0 unspecified atom stereocenters. The number of likely N-dealkylation sites (tertiary alicyclic amines) is 1. The Hall–Kier alpha value is -2.60. The molecule has 0 saturated carbocycles. The van der Waals surface area contributed by atoms with Crippen LogP contribution < -0.4 is 4.74 Å². The summed E-state index contributed by atoms with van der Waals surface area (Å²) in [6.45, 7) is 4.24. The molecule has 1 aliphatic heterocycles. The maximum absolute atomic E-state index is 11.8. The van der Waals surface area contributed by atoms with E-state index in [0.717, 1.165) is 25.1 Å². The molecule has 1 amide bonds. The first-order valence-electron chi connectivity index (χ1n) is 11.2. The van der Waals surface area contributed by atoms with E-state index in [2.05, 4.69) is 96.2 Å². The van der Waals surface area contributed by atoms with Gasteiger partial charge in [0.25, 0.3) is 0 Å². The SMILES string of the molecule is CCC(=C(c1ccc(I)cc1)c1ccc(OCCN2CCCC2=O)cc1)c1ccccc1. The number of rotatable bonds is 8. The van der Waals surface area contributed by atoms with Crippen LogP contribution in [-0.2, 0) is 4.79 Å². The van der Waals surface area contributed by atoms with Gasteiger partial charge in [0.05, 0.1) is 6.54 Å². The number of amides is 1. The summed E-state index contributed by atoms with van der Waals surface area (Å²) < 4.78 is 7.16. The van der Waals surface area contributed by atoms with Crippen LogP contribution in [-0.4, -0.2) is 30.5 Å². The summed E-state index contributed by atoms with van der Waals surface area (Å²) in [6, 6.07) is 27.7. The van der Waals surface area contributed by atoms with Crippen molar-refractivity contribution in [3.05, 3.63) is 99.1 Å². The Balaban J connectivity index is 1.60. The molecule has 1 saturated heterocycles. The maximum Gasteiger partial charge on any atom is 0.222 e. The van der Waals surface area contributed by atoms with Gasteiger partial charge in [-0.05, 0) is 87.5 Å². The fraction of sp³-hybridized carbons (Fsp3) is 0.250. The second kappa shape index (κ2) is 10.8. The van der Waals surface area contributed by atoms with Gasteiger partial charge in [-0.2, -0.15) is 0 Å². The third kappa shape index (κ3) is 5.41. The van der Waals surface area contributed by atoms with Crippen molar-refractivity contribution in [1.82, 2.24) is 4.90 Å². The number of allylic oxidation sites excluding steroid dienone is 1. The molecule has 164 valence electrons. The number of carbonyl (C=O) groups excluding carboxylic acids is 1. The second-order valence-electron chi connectivity index (χ2n) is 7.94. The fourth-order valence-electron chi connectivity index (χ4n) is 4.23. The lowest BCUT2D eigenvalue weighted by Gasteiger charge is -2.18. The molecular weight excluding hydrogens is 509 g/mol. The van der Waals surface area contributed by atoms with Gasteiger partial charge < -0.3 is 9.64 Å². The van der Waals surface area contributed by atoms with E-state index >= 15 is 0 Å². The molecule has 0 radical (unpaired) electrons. The lowest BCUT2D eigenvalue weighted by Crippen LogP contribution is -2.29. The average Bonchev–Trinajstić information content (AvgIpc) is 3.24. The highest BCUT2D eigenvalue weighted by atomic mass is 127. The minimum atomic E-state index is 0.240. The van der Waals surface area contributed by atoms with Gasteiger partial charge in [0.2, 0.25) is 5.91 Å². The number of halogens is 1. The molecule has 0 aliphatic carbocycles. The largest absolute Gasteiger partial charge is 0.492 e. The van der Waals surface area contributed by atoms with Gasteiger partial charge >= 0.3 is 0 Å². The standard InChI is InChI=1S/C28H28INO2/c1-2-26(21-7-4-3-5-8-21)28(22-10-14-24(29)15-11-22)23-12-16-25(17-13-23)32-20-19-30-18-6-9-27(30)31/h3-5,7-8,10-17H,2,6,9,18-20H2,1H3. The molecule has 32 heavy (non-hydrogen) atoms. The highest BCUT2D eigenvalue weighted by Crippen LogP contribution is 2.35. The molecular formula is C28H28INO2. The van der Waals surface area contributed by atoms with E-state index in [1.54, 1.807) is 0 Å². The van der Waals surface area contributed by atoms with Gasteiger partial charge in [-0.25, -0.2) is 0 Å². The Morgan fingerprint density at radius 2 is 1.56 bits per heavy atom. The molecule has 1 fully saturated rings. The van der Waals surface area contributed by atoms with Crippen molar-refractivity contribution >= 4 is 39.6 Å². The third-order valence-electron chi connectivity index (χ3n) is 5.85. The van der Waals surface area contributed by atoms with Gasteiger partial charge in [-0.15, -0.1) is 0 Å². The van der Waals surface area contributed by atoms with Crippen LogP contribution in [0.1, 0.15) is 42.9 Å². The van der Waals surface area contributed by atoms with E-state index < -0.39 is 0 Å². The summed E-state index contributed by atoms with van der Waals surface area (Å²) in [6.07, 6.45) is 2.57. The summed E-state index contributed by atoms with van der Waals surface area (Å²) in [5, 5.41) is 0. The smallest absolute Gasteiger partial charge is 0.222 e. The van der Waals surface area contributed by atoms with Crippen LogP contribution in [0.3, 0.4) is 0 Å². The zero-order valence-corrected chi connectivity index (χ0v) is 20.5. The number of nitrogens with zero attached hydrogens (tertiary/aromatic N) is 1. The van der Waals surface area contributed by atoms with Crippen LogP contribution in [0, 0.1) is 3.57 Å². The van der Waals surface area contributed by atoms with E-state index in [-0.39, 0.29) is 5.91 Å². The van der Waals surface area contributed by atoms with Gasteiger partial charge in [-0.1, -0.05) is 61.5 Å². The average molecular weight is 537 g/mol. The summed E-state index contributed by atoms with van der Waals surface area (Å²) in [7, 11) is 0. The Morgan fingerprint density at radius 1 is 0.906 bits per heavy atom. The molecule has 3 aromatic rings. The van der Waals surface area contributed by atoms with Crippen LogP contribution in [0.25, 0.3) is 11.1 Å². The van der Waals surface area contributed by atoms with Crippen molar-refractivity contribution in [3.63, 3.8) is 0 Å². The quantitative estimate of drug-likeness (QED) is 0.238. The Morgan fingerprint density at radius 3 is 2.16 bits per heavy atom. The summed E-state index contributed by atoms with van der Waals surface area (Å²) in [5.41, 5.74) is 6.22. The Bertz CT molecular complexity index is 1070. The van der Waals surface area contributed by atoms with Crippen molar-refractivity contribution in [2.24, 2.45) is 0 Å². The first kappa shape index (κ1) is 22.6. The first-order chi connectivity index (χ1) is 15.7. The third-order valence-corrected chi connectivity index (χ3v) is 6.57. The van der Waals surface area contributed by atoms with E-state index in [1.165, 1.54) is 31.4 Å². The second-order valence-corrected chi connectivity index (χ2v) is 9.18. The monoisotopic (exact) mass is 537 g/mol. The molecule has 0 aromatic heterocycles. The molecule has 0 N–H and O–H groups in total. The van der Waals surface area contributed by atoms with E-state index in [1.807, 2.05) is 17.0 Å². The van der Waals surface area contributed by atoms with Crippen molar-refractivity contribution in [2.75, 3.05) is 19.7 Å². The number of hydrogen-bond donors (Lipinski definition) is 0. The zero-order valence-electron chi connectivity index (χ0n) is 18.4. The topological polar surface area (TPSA) is 29.5 Å². The molecule has 4 rings (SSSR count). The van der Waals surface area contributed by atoms with Crippen LogP contribution in [0.15, 0.2) is 78.9 Å². The highest BCUT2D eigenvalue weighted by molar-refractivity contribution is 14.1. The molecule has 0 atom stereocenters. The predicted molar refractivity (Wildman–Crippen MR) is 140 cm³/mol. The predicted octanol–water partition coefficient (Wildman–Crippen LogP) is 6.66. The van der Waals surface area contributed by atoms with Crippen LogP contribution in [0.5, 0.6) is 5.75 Å². The van der Waals surface area contributed by atoms with Crippen molar-refractivity contribution < 1.29 is 9.53 Å². The lowest BCUT2D eigenvalue weighted by molar-refractivity contribution is -0.128. The molecule has 4 heteroatoms. The van der Waals surface area contributed by atoms with Crippen molar-refractivity contribution in [1.29, 1.82) is 0 Å². The normalized spacial score (nSPS) is 14.4. The number of hydrogen-bond acceptors (Lipinski definition) is 2. The molecule has 3 nitrogen and oxygen atoms in total. The van der Waals surface area contributed by atoms with Gasteiger partial charge in [-0.3, -0.25) is 4.79 Å². The number of carbonyl (C=O) groups is 1. The molecule has 0 bridgehead atoms. The summed E-state index contributed by atoms with van der Waals surface area (Å²) in [5.74, 6) is 1.07.